The summed E-state index contributed by atoms with van der Waals surface area (Å²) in [4.78, 5) is 11.3. The molecular formula is C10H10ClN2NaO4S. The summed E-state index contributed by atoms with van der Waals surface area (Å²) in [6, 6.07) is 3.41. The third-order valence-electron chi connectivity index (χ3n) is 2.53. The zero-order valence-corrected chi connectivity index (χ0v) is 14.0. The number of amides is 1. The number of anilines is 1. The van der Waals surface area contributed by atoms with Crippen molar-refractivity contribution in [3.63, 3.8) is 0 Å². The van der Waals surface area contributed by atoms with Gasteiger partial charge in [-0.05, 0) is 25.1 Å². The minimum Gasteiger partial charge on any atom is -0.744 e. The summed E-state index contributed by atoms with van der Waals surface area (Å²) in [5, 5.41) is 1.36. The topological polar surface area (TPSA) is 89.5 Å². The first-order valence-corrected chi connectivity index (χ1v) is 6.92. The predicted molar refractivity (Wildman–Crippen MR) is 64.1 cm³/mol. The van der Waals surface area contributed by atoms with E-state index in [1.165, 1.54) is 11.1 Å². The number of rotatable bonds is 2. The normalized spacial score (nSPS) is 19.4. The maximum Gasteiger partial charge on any atom is 1.00 e. The number of carbonyl (C=O) groups excluding carboxylic acids is 1. The number of benzene rings is 1. The average molecular weight is 313 g/mol. The van der Waals surface area contributed by atoms with Crippen LogP contribution < -0.4 is 40.0 Å². The Morgan fingerprint density at radius 2 is 2.11 bits per heavy atom. The number of nitrogens with zero attached hydrogens (tertiary/aromatic N) is 1. The molecule has 1 aromatic carbocycles. The monoisotopic (exact) mass is 312 g/mol. The fourth-order valence-corrected chi connectivity index (χ4v) is 2.41. The molecule has 1 unspecified atom stereocenters. The van der Waals surface area contributed by atoms with Gasteiger partial charge in [0.25, 0.3) is 0 Å². The Kier molecular flexibility index (Phi) is 5.42. The van der Waals surface area contributed by atoms with Crippen molar-refractivity contribution >= 4 is 33.3 Å². The van der Waals surface area contributed by atoms with Crippen LogP contribution in [-0.2, 0) is 14.9 Å². The van der Waals surface area contributed by atoms with E-state index in [-0.39, 0.29) is 58.6 Å². The second-order valence-electron chi connectivity index (χ2n) is 4.03. The van der Waals surface area contributed by atoms with Gasteiger partial charge in [-0.25, -0.2) is 18.9 Å². The third kappa shape index (κ3) is 3.69. The Hall–Kier alpha value is -0.150. The smallest absolute Gasteiger partial charge is 0.744 e. The minimum absolute atomic E-state index is 0. The molecule has 1 amide bonds. The molecule has 0 aromatic heterocycles. The Labute approximate surface area is 138 Å². The van der Waals surface area contributed by atoms with E-state index in [4.69, 9.17) is 11.6 Å². The van der Waals surface area contributed by atoms with Gasteiger partial charge in [0, 0.05) is 12.5 Å². The SMILES string of the molecule is CC1CC(=O)N(c2cc(S(=O)(=O)[O-])ccc2Cl)N1.[Na+]. The molecule has 0 aliphatic carbocycles. The van der Waals surface area contributed by atoms with Gasteiger partial charge in [-0.15, -0.1) is 0 Å². The molecule has 9 heteroatoms. The Morgan fingerprint density at radius 1 is 1.47 bits per heavy atom. The van der Waals surface area contributed by atoms with Crippen LogP contribution in [0.1, 0.15) is 13.3 Å². The average Bonchev–Trinajstić information content (AvgIpc) is 2.56. The van der Waals surface area contributed by atoms with Gasteiger partial charge in [-0.3, -0.25) is 4.79 Å². The van der Waals surface area contributed by atoms with Gasteiger partial charge in [0.15, 0.2) is 0 Å². The van der Waals surface area contributed by atoms with Gasteiger partial charge in [0.1, 0.15) is 10.1 Å². The van der Waals surface area contributed by atoms with Gasteiger partial charge in [-0.2, -0.15) is 0 Å². The molecule has 0 saturated carbocycles. The third-order valence-corrected chi connectivity index (χ3v) is 3.68. The summed E-state index contributed by atoms with van der Waals surface area (Å²) in [6.45, 7) is 1.81. The zero-order valence-electron chi connectivity index (χ0n) is 10.4. The van der Waals surface area contributed by atoms with Crippen molar-refractivity contribution < 1.29 is 47.3 Å². The summed E-state index contributed by atoms with van der Waals surface area (Å²) in [7, 11) is -4.58. The summed E-state index contributed by atoms with van der Waals surface area (Å²) in [5.41, 5.74) is 3.01. The molecule has 1 aliphatic heterocycles. The van der Waals surface area contributed by atoms with Crippen LogP contribution >= 0.6 is 11.6 Å². The van der Waals surface area contributed by atoms with Crippen LogP contribution in [0, 0.1) is 0 Å². The molecule has 1 aliphatic rings. The van der Waals surface area contributed by atoms with Crippen LogP contribution in [0.4, 0.5) is 5.69 Å². The van der Waals surface area contributed by atoms with Crippen molar-refractivity contribution in [3.8, 4) is 0 Å². The van der Waals surface area contributed by atoms with Crippen molar-refractivity contribution in [2.75, 3.05) is 5.01 Å². The summed E-state index contributed by atoms with van der Waals surface area (Å²) in [6.07, 6.45) is 0.282. The van der Waals surface area contributed by atoms with Crippen molar-refractivity contribution in [2.24, 2.45) is 0 Å². The van der Waals surface area contributed by atoms with E-state index >= 15 is 0 Å². The van der Waals surface area contributed by atoms with Crippen molar-refractivity contribution in [1.29, 1.82) is 0 Å². The minimum atomic E-state index is -4.58. The van der Waals surface area contributed by atoms with Crippen LogP contribution in [0.3, 0.4) is 0 Å². The Balaban J connectivity index is 0.00000180. The van der Waals surface area contributed by atoms with E-state index in [1.807, 2.05) is 0 Å². The number of halogens is 1. The van der Waals surface area contributed by atoms with Crippen LogP contribution in [0.25, 0.3) is 0 Å². The quantitative estimate of drug-likeness (QED) is 0.498. The summed E-state index contributed by atoms with van der Waals surface area (Å²) >= 11 is 5.91. The maximum atomic E-state index is 11.7. The number of hydrogen-bond donors (Lipinski definition) is 1. The fraction of sp³-hybridized carbons (Fsp3) is 0.300. The zero-order chi connectivity index (χ0) is 13.5. The number of hydrogen-bond acceptors (Lipinski definition) is 5. The van der Waals surface area contributed by atoms with Crippen molar-refractivity contribution in [1.82, 2.24) is 5.43 Å². The van der Waals surface area contributed by atoms with Gasteiger partial charge in [0.2, 0.25) is 5.91 Å². The first kappa shape index (κ1) is 16.9. The first-order chi connectivity index (χ1) is 8.29. The molecule has 1 heterocycles. The molecule has 1 fully saturated rings. The molecule has 0 radical (unpaired) electrons. The predicted octanol–water partition coefficient (Wildman–Crippen LogP) is -2.12. The number of nitrogens with one attached hydrogen (secondary N) is 1. The molecule has 1 N–H and O–H groups in total. The van der Waals surface area contributed by atoms with Crippen LogP contribution in [0.2, 0.25) is 5.02 Å². The molecular weight excluding hydrogens is 303 g/mol. The van der Waals surface area contributed by atoms with E-state index in [0.717, 1.165) is 12.1 Å². The molecule has 1 saturated heterocycles. The Bertz CT molecular complexity index is 608. The van der Waals surface area contributed by atoms with E-state index < -0.39 is 15.0 Å². The van der Waals surface area contributed by atoms with Gasteiger partial charge in [-0.1, -0.05) is 11.6 Å². The molecule has 1 atom stereocenters. The molecule has 0 spiro atoms. The van der Waals surface area contributed by atoms with Gasteiger partial charge in [0.05, 0.1) is 15.6 Å². The van der Waals surface area contributed by atoms with E-state index in [9.17, 15) is 17.8 Å². The molecule has 1 aromatic rings. The van der Waals surface area contributed by atoms with Gasteiger partial charge < -0.3 is 4.55 Å². The van der Waals surface area contributed by atoms with Crippen LogP contribution in [-0.4, -0.2) is 24.9 Å². The fourth-order valence-electron chi connectivity index (χ4n) is 1.71. The molecule has 19 heavy (non-hydrogen) atoms. The number of carbonyl (C=O) groups is 1. The van der Waals surface area contributed by atoms with E-state index in [2.05, 4.69) is 5.43 Å². The molecule has 98 valence electrons. The van der Waals surface area contributed by atoms with Crippen LogP contribution in [0.5, 0.6) is 0 Å². The summed E-state index contributed by atoms with van der Waals surface area (Å²) in [5.74, 6) is -0.232. The standard InChI is InChI=1S/C10H11ClN2O4S.Na/c1-6-4-10(14)13(12-6)9-5-7(18(15,16)17)2-3-8(9)11;/h2-3,5-6,12H,4H2,1H3,(H,15,16,17);/q;+1/p-1. The van der Waals surface area contributed by atoms with Crippen molar-refractivity contribution in [2.45, 2.75) is 24.3 Å². The Morgan fingerprint density at radius 3 is 2.58 bits per heavy atom. The largest absolute Gasteiger partial charge is 1.00 e. The molecule has 2 rings (SSSR count). The van der Waals surface area contributed by atoms with E-state index in [1.54, 1.807) is 6.92 Å². The van der Waals surface area contributed by atoms with Crippen molar-refractivity contribution in [3.05, 3.63) is 23.2 Å². The number of hydrazine groups is 1. The van der Waals surface area contributed by atoms with Crippen LogP contribution in [0.15, 0.2) is 23.1 Å². The molecule has 6 nitrogen and oxygen atoms in total. The molecule has 0 bridgehead atoms. The summed E-state index contributed by atoms with van der Waals surface area (Å²) < 4.78 is 32.8. The second kappa shape index (κ2) is 6.09. The maximum absolute atomic E-state index is 11.7. The van der Waals surface area contributed by atoms with Gasteiger partial charge >= 0.3 is 29.6 Å². The van der Waals surface area contributed by atoms with E-state index in [0.29, 0.717) is 0 Å². The first-order valence-electron chi connectivity index (χ1n) is 5.13. The second-order valence-corrected chi connectivity index (χ2v) is 5.82.